The van der Waals surface area contributed by atoms with Crippen LogP contribution in [0, 0.1) is 5.92 Å². The van der Waals surface area contributed by atoms with Crippen molar-refractivity contribution in [3.05, 3.63) is 35.4 Å². The van der Waals surface area contributed by atoms with Crippen molar-refractivity contribution in [2.24, 2.45) is 5.92 Å². The van der Waals surface area contributed by atoms with Gasteiger partial charge in [0.1, 0.15) is 0 Å². The van der Waals surface area contributed by atoms with Gasteiger partial charge in [0.2, 0.25) is 0 Å². The Kier molecular flexibility index (Phi) is 4.81. The Bertz CT molecular complexity index is 464. The van der Waals surface area contributed by atoms with Crippen molar-refractivity contribution in [2.45, 2.75) is 32.5 Å². The Morgan fingerprint density at radius 2 is 1.75 bits per heavy atom. The fourth-order valence-electron chi connectivity index (χ4n) is 1.38. The van der Waals surface area contributed by atoms with Gasteiger partial charge in [-0.05, 0) is 37.1 Å². The van der Waals surface area contributed by atoms with E-state index in [1.165, 1.54) is 0 Å². The fraction of sp³-hybridized carbons (Fsp3) is 0.500. The molecule has 1 rings (SSSR count). The Balaban J connectivity index is 2.70. The van der Waals surface area contributed by atoms with Gasteiger partial charge in [-0.25, -0.2) is 0 Å². The third-order valence-corrected chi connectivity index (χ3v) is 3.33. The molecule has 0 radical (unpaired) electrons. The number of hydrogen-bond acceptors (Lipinski definition) is 2. The molecule has 1 aromatic carbocycles. The lowest BCUT2D eigenvalue weighted by Gasteiger charge is -2.27. The van der Waals surface area contributed by atoms with Crippen molar-refractivity contribution in [3.8, 4) is 0 Å². The lowest BCUT2D eigenvalue weighted by Crippen LogP contribution is -2.44. The average Bonchev–Trinajstić information content (AvgIpc) is 2.35. The number of halogens is 3. The van der Waals surface area contributed by atoms with Crippen LogP contribution in [-0.2, 0) is 6.18 Å². The molecule has 2 N–H and O–H groups in total. The van der Waals surface area contributed by atoms with Gasteiger partial charge >= 0.3 is 6.18 Å². The molecule has 112 valence electrons. The summed E-state index contributed by atoms with van der Waals surface area (Å²) >= 11 is 0. The Morgan fingerprint density at radius 1 is 1.25 bits per heavy atom. The highest BCUT2D eigenvalue weighted by molar-refractivity contribution is 5.94. The zero-order chi connectivity index (χ0) is 15.6. The highest BCUT2D eigenvalue weighted by Crippen LogP contribution is 2.29. The van der Waals surface area contributed by atoms with Gasteiger partial charge in [0.05, 0.1) is 11.2 Å². The van der Waals surface area contributed by atoms with E-state index in [0.717, 1.165) is 24.3 Å². The van der Waals surface area contributed by atoms with Crippen LogP contribution >= 0.6 is 0 Å². The summed E-state index contributed by atoms with van der Waals surface area (Å²) in [6, 6.07) is 3.94. The summed E-state index contributed by atoms with van der Waals surface area (Å²) in [5.74, 6) is -0.574. The molecular weight excluding hydrogens is 271 g/mol. The van der Waals surface area contributed by atoms with Crippen molar-refractivity contribution >= 4 is 5.91 Å². The number of nitrogens with one attached hydrogen (secondary N) is 1. The molecule has 0 bridgehead atoms. The van der Waals surface area contributed by atoms with Gasteiger partial charge in [-0.1, -0.05) is 13.8 Å². The molecule has 0 heterocycles. The smallest absolute Gasteiger partial charge is 0.388 e. The number of alkyl halides is 3. The van der Waals surface area contributed by atoms with Crippen LogP contribution in [-0.4, -0.2) is 23.2 Å². The summed E-state index contributed by atoms with van der Waals surface area (Å²) in [6.07, 6.45) is -4.42. The molecule has 20 heavy (non-hydrogen) atoms. The number of aliphatic hydroxyl groups is 1. The highest BCUT2D eigenvalue weighted by Gasteiger charge is 2.30. The largest absolute Gasteiger partial charge is 0.416 e. The second-order valence-electron chi connectivity index (χ2n) is 5.27. The van der Waals surface area contributed by atoms with E-state index in [1.54, 1.807) is 6.92 Å². The van der Waals surface area contributed by atoms with E-state index >= 15 is 0 Å². The number of rotatable bonds is 4. The Hall–Kier alpha value is -1.56. The summed E-state index contributed by atoms with van der Waals surface area (Å²) in [5, 5.41) is 12.5. The van der Waals surface area contributed by atoms with Gasteiger partial charge in [-0.15, -0.1) is 0 Å². The molecule has 1 atom stereocenters. The normalized spacial score (nSPS) is 15.0. The van der Waals surface area contributed by atoms with E-state index in [0.29, 0.717) is 0 Å². The first-order valence-electron chi connectivity index (χ1n) is 6.22. The molecule has 0 fully saturated rings. The first-order valence-corrected chi connectivity index (χ1v) is 6.22. The molecule has 0 spiro atoms. The molecule has 0 saturated heterocycles. The summed E-state index contributed by atoms with van der Waals surface area (Å²) in [5.41, 5.74) is -1.75. The standard InChI is InChI=1S/C14H18F3NO2/c1-9(2)13(3,20)8-18-12(19)10-4-6-11(7-5-10)14(15,16)17/h4-7,9,20H,8H2,1-3H3,(H,18,19). The molecule has 0 saturated carbocycles. The molecule has 0 aliphatic rings. The lowest BCUT2D eigenvalue weighted by molar-refractivity contribution is -0.137. The molecular formula is C14H18F3NO2. The predicted molar refractivity (Wildman–Crippen MR) is 69.2 cm³/mol. The summed E-state index contributed by atoms with van der Waals surface area (Å²) < 4.78 is 37.1. The van der Waals surface area contributed by atoms with E-state index in [-0.39, 0.29) is 18.0 Å². The van der Waals surface area contributed by atoms with Gasteiger partial charge < -0.3 is 10.4 Å². The fourth-order valence-corrected chi connectivity index (χ4v) is 1.38. The zero-order valence-electron chi connectivity index (χ0n) is 11.6. The van der Waals surface area contributed by atoms with Crippen LogP contribution in [0.2, 0.25) is 0 Å². The molecule has 3 nitrogen and oxygen atoms in total. The van der Waals surface area contributed by atoms with Crippen molar-refractivity contribution in [3.63, 3.8) is 0 Å². The average molecular weight is 289 g/mol. The molecule has 1 amide bonds. The third kappa shape index (κ3) is 4.23. The van der Waals surface area contributed by atoms with Gasteiger partial charge in [0.15, 0.2) is 0 Å². The zero-order valence-corrected chi connectivity index (χ0v) is 11.6. The quantitative estimate of drug-likeness (QED) is 0.895. The minimum absolute atomic E-state index is 0.0323. The van der Waals surface area contributed by atoms with Crippen molar-refractivity contribution in [1.82, 2.24) is 5.32 Å². The van der Waals surface area contributed by atoms with E-state index < -0.39 is 23.2 Å². The van der Waals surface area contributed by atoms with E-state index in [1.807, 2.05) is 13.8 Å². The Labute approximate surface area is 115 Å². The minimum Gasteiger partial charge on any atom is -0.388 e. The number of hydrogen-bond donors (Lipinski definition) is 2. The van der Waals surface area contributed by atoms with Crippen LogP contribution in [0.3, 0.4) is 0 Å². The van der Waals surface area contributed by atoms with E-state index in [9.17, 15) is 23.1 Å². The Morgan fingerprint density at radius 3 is 2.15 bits per heavy atom. The highest BCUT2D eigenvalue weighted by atomic mass is 19.4. The van der Waals surface area contributed by atoms with Gasteiger partial charge in [0.25, 0.3) is 5.91 Å². The molecule has 1 aromatic rings. The number of benzene rings is 1. The maximum Gasteiger partial charge on any atom is 0.416 e. The molecule has 0 aromatic heterocycles. The third-order valence-electron chi connectivity index (χ3n) is 3.33. The monoisotopic (exact) mass is 289 g/mol. The van der Waals surface area contributed by atoms with E-state index in [2.05, 4.69) is 5.32 Å². The first kappa shape index (κ1) is 16.5. The molecule has 1 unspecified atom stereocenters. The SMILES string of the molecule is CC(C)C(C)(O)CNC(=O)c1ccc(C(F)(F)F)cc1. The van der Waals surface area contributed by atoms with Crippen molar-refractivity contribution in [1.29, 1.82) is 0 Å². The van der Waals surface area contributed by atoms with Crippen LogP contribution in [0.15, 0.2) is 24.3 Å². The number of carbonyl (C=O) groups excluding carboxylic acids is 1. The molecule has 6 heteroatoms. The second-order valence-corrected chi connectivity index (χ2v) is 5.27. The summed E-state index contributed by atoms with van der Waals surface area (Å²) in [6.45, 7) is 5.24. The van der Waals surface area contributed by atoms with Crippen molar-refractivity contribution in [2.75, 3.05) is 6.54 Å². The maximum absolute atomic E-state index is 12.4. The molecule has 0 aliphatic carbocycles. The molecule has 0 aliphatic heterocycles. The van der Waals surface area contributed by atoms with Crippen LogP contribution in [0.25, 0.3) is 0 Å². The number of amides is 1. The van der Waals surface area contributed by atoms with Gasteiger partial charge in [0, 0.05) is 12.1 Å². The van der Waals surface area contributed by atoms with E-state index in [4.69, 9.17) is 0 Å². The maximum atomic E-state index is 12.4. The van der Waals surface area contributed by atoms with Crippen LogP contribution in [0.1, 0.15) is 36.7 Å². The summed E-state index contributed by atoms with van der Waals surface area (Å²) in [4.78, 5) is 11.8. The lowest BCUT2D eigenvalue weighted by atomic mass is 9.92. The summed E-state index contributed by atoms with van der Waals surface area (Å²) in [7, 11) is 0. The van der Waals surface area contributed by atoms with Gasteiger partial charge in [-0.3, -0.25) is 4.79 Å². The van der Waals surface area contributed by atoms with Crippen LogP contribution in [0.4, 0.5) is 13.2 Å². The van der Waals surface area contributed by atoms with Gasteiger partial charge in [-0.2, -0.15) is 13.2 Å². The first-order chi connectivity index (χ1) is 9.04. The van der Waals surface area contributed by atoms with Crippen LogP contribution in [0.5, 0.6) is 0 Å². The number of carbonyl (C=O) groups is 1. The minimum atomic E-state index is -4.42. The second kappa shape index (κ2) is 5.83. The predicted octanol–water partition coefficient (Wildman–Crippen LogP) is 2.84. The van der Waals surface area contributed by atoms with Crippen molar-refractivity contribution < 1.29 is 23.1 Å². The van der Waals surface area contributed by atoms with Crippen LogP contribution < -0.4 is 5.32 Å². The topological polar surface area (TPSA) is 49.3 Å².